The summed E-state index contributed by atoms with van der Waals surface area (Å²) in [7, 11) is 1.58. The molecule has 4 N–H and O–H groups in total. The molecule has 1 aliphatic heterocycles. The van der Waals surface area contributed by atoms with E-state index in [4.69, 9.17) is 19.9 Å². The number of methoxy groups -OCH3 is 1. The van der Waals surface area contributed by atoms with Gasteiger partial charge in [0.15, 0.2) is 11.5 Å². The van der Waals surface area contributed by atoms with E-state index in [0.717, 1.165) is 42.9 Å². The van der Waals surface area contributed by atoms with Crippen LogP contribution in [-0.2, 0) is 11.3 Å². The molecule has 0 spiro atoms. The van der Waals surface area contributed by atoms with Crippen molar-refractivity contribution in [3.8, 4) is 11.5 Å². The van der Waals surface area contributed by atoms with Crippen LogP contribution in [0.15, 0.2) is 36.5 Å². The Balaban J connectivity index is 1.58. The van der Waals surface area contributed by atoms with Crippen LogP contribution in [0.3, 0.4) is 0 Å². The molecule has 9 heteroatoms. The lowest BCUT2D eigenvalue weighted by Crippen LogP contribution is -2.45. The number of aromatic nitrogens is 1. The van der Waals surface area contributed by atoms with Gasteiger partial charge >= 0.3 is 0 Å². The van der Waals surface area contributed by atoms with Crippen molar-refractivity contribution >= 4 is 28.2 Å². The summed E-state index contributed by atoms with van der Waals surface area (Å²) in [5.41, 5.74) is 9.52. The smallest absolute Gasteiger partial charge is 0.252 e. The highest BCUT2D eigenvalue weighted by Crippen LogP contribution is 2.38. The minimum absolute atomic E-state index is 0.0841. The number of pyridine rings is 1. The number of benzene rings is 2. The number of hydrogen-bond donors (Lipinski definition) is 3. The molecule has 0 saturated carbocycles. The number of nitrogens with one attached hydrogen (secondary N) is 1. The third kappa shape index (κ3) is 6.12. The van der Waals surface area contributed by atoms with E-state index in [9.17, 15) is 9.90 Å². The first-order valence-electron chi connectivity index (χ1n) is 12.6. The van der Waals surface area contributed by atoms with E-state index in [1.807, 2.05) is 37.3 Å². The molecule has 2 aromatic carbocycles. The number of carbonyl (C=O) groups excluding carboxylic acids is 1. The molecule has 198 valence electrons. The van der Waals surface area contributed by atoms with Gasteiger partial charge in [-0.2, -0.15) is 0 Å². The predicted molar refractivity (Wildman–Crippen MR) is 144 cm³/mol. The van der Waals surface area contributed by atoms with Gasteiger partial charge in [0.25, 0.3) is 5.91 Å². The molecule has 1 fully saturated rings. The number of fused-ring (bicyclic) bond motifs is 1. The Morgan fingerprint density at radius 2 is 2.00 bits per heavy atom. The lowest BCUT2D eigenvalue weighted by molar-refractivity contribution is -0.0686. The van der Waals surface area contributed by atoms with Crippen LogP contribution in [0.5, 0.6) is 11.5 Å². The first-order chi connectivity index (χ1) is 17.8. The molecule has 1 aromatic heterocycles. The van der Waals surface area contributed by atoms with Crippen LogP contribution in [0.2, 0.25) is 0 Å². The van der Waals surface area contributed by atoms with Crippen LogP contribution in [0, 0.1) is 6.92 Å². The number of primary amides is 1. The molecule has 1 aliphatic rings. The maximum Gasteiger partial charge on any atom is 0.252 e. The topological polar surface area (TPSA) is 119 Å². The van der Waals surface area contributed by atoms with Crippen molar-refractivity contribution in [2.75, 3.05) is 38.7 Å². The first kappa shape index (κ1) is 26.7. The van der Waals surface area contributed by atoms with Crippen molar-refractivity contribution in [2.24, 2.45) is 5.73 Å². The number of morpholine rings is 1. The second-order valence-electron chi connectivity index (χ2n) is 9.52. The highest BCUT2D eigenvalue weighted by atomic mass is 16.5. The zero-order chi connectivity index (χ0) is 26.5. The molecule has 1 saturated heterocycles. The first-order valence-corrected chi connectivity index (χ1v) is 12.6. The van der Waals surface area contributed by atoms with Gasteiger partial charge in [0.05, 0.1) is 49.3 Å². The SMILES string of the molecule is COc1cc2c(Nc3cccc(CO)c3C)c(C(N)=O)cnc2cc1OCCCN1C[C@@H](C)O[C@@H](C)C1. The zero-order valence-electron chi connectivity index (χ0n) is 21.9. The van der Waals surface area contributed by atoms with Crippen molar-refractivity contribution in [3.05, 3.63) is 53.2 Å². The minimum Gasteiger partial charge on any atom is -0.493 e. The van der Waals surface area contributed by atoms with Crippen LogP contribution in [-0.4, -0.2) is 66.5 Å². The average molecular weight is 509 g/mol. The molecule has 0 radical (unpaired) electrons. The van der Waals surface area contributed by atoms with Crippen LogP contribution < -0.4 is 20.5 Å². The Labute approximate surface area is 217 Å². The Kier molecular flexibility index (Phi) is 8.48. The van der Waals surface area contributed by atoms with E-state index in [1.165, 1.54) is 6.20 Å². The van der Waals surface area contributed by atoms with Crippen molar-refractivity contribution in [3.63, 3.8) is 0 Å². The molecule has 1 amide bonds. The van der Waals surface area contributed by atoms with E-state index >= 15 is 0 Å². The number of nitrogens with two attached hydrogens (primary N) is 1. The summed E-state index contributed by atoms with van der Waals surface area (Å²) in [5, 5.41) is 13.7. The Hall–Kier alpha value is -3.40. The lowest BCUT2D eigenvalue weighted by Gasteiger charge is -2.35. The highest BCUT2D eigenvalue weighted by molar-refractivity contribution is 6.08. The monoisotopic (exact) mass is 508 g/mol. The normalized spacial score (nSPS) is 18.1. The van der Waals surface area contributed by atoms with Crippen LogP contribution in [0.25, 0.3) is 10.9 Å². The summed E-state index contributed by atoms with van der Waals surface area (Å²) in [4.78, 5) is 19.1. The van der Waals surface area contributed by atoms with Crippen molar-refractivity contribution in [1.29, 1.82) is 0 Å². The molecule has 37 heavy (non-hydrogen) atoms. The number of carbonyl (C=O) groups is 1. The lowest BCUT2D eigenvalue weighted by atomic mass is 10.0. The fraction of sp³-hybridized carbons (Fsp3) is 0.429. The van der Waals surface area contributed by atoms with Gasteiger partial charge in [-0.1, -0.05) is 12.1 Å². The van der Waals surface area contributed by atoms with E-state index in [2.05, 4.69) is 29.0 Å². The summed E-state index contributed by atoms with van der Waals surface area (Å²) in [5.74, 6) is 0.523. The Morgan fingerprint density at radius 3 is 2.68 bits per heavy atom. The number of amides is 1. The van der Waals surface area contributed by atoms with Gasteiger partial charge in [-0.3, -0.25) is 14.7 Å². The standard InChI is InChI=1S/C28H36N4O5/c1-17-14-32(15-18(2)37-17)9-6-10-36-26-12-24-21(11-25(26)35-4)27(22(13-30-24)28(29)34)31-23-8-5-7-20(16-33)19(23)3/h5,7-8,11-13,17-18,33H,6,9-10,14-16H2,1-4H3,(H2,29,34)(H,30,31)/t17-,18+. The zero-order valence-corrected chi connectivity index (χ0v) is 21.9. The average Bonchev–Trinajstić information content (AvgIpc) is 2.86. The van der Waals surface area contributed by atoms with Crippen molar-refractivity contribution in [1.82, 2.24) is 9.88 Å². The number of ether oxygens (including phenoxy) is 3. The number of nitrogens with zero attached hydrogens (tertiary/aromatic N) is 2. The fourth-order valence-electron chi connectivity index (χ4n) is 4.86. The second-order valence-corrected chi connectivity index (χ2v) is 9.52. The van der Waals surface area contributed by atoms with Gasteiger partial charge in [-0.05, 0) is 50.5 Å². The minimum atomic E-state index is -0.598. The quantitative estimate of drug-likeness (QED) is 0.354. The molecule has 2 heterocycles. The van der Waals surface area contributed by atoms with Crippen LogP contribution >= 0.6 is 0 Å². The molecule has 2 atom stereocenters. The number of hydrogen-bond acceptors (Lipinski definition) is 8. The largest absolute Gasteiger partial charge is 0.493 e. The van der Waals surface area contributed by atoms with Crippen molar-refractivity contribution in [2.45, 2.75) is 46.0 Å². The van der Waals surface area contributed by atoms with Crippen LogP contribution in [0.4, 0.5) is 11.4 Å². The van der Waals surface area contributed by atoms with Gasteiger partial charge < -0.3 is 30.4 Å². The van der Waals surface area contributed by atoms with Gasteiger partial charge in [0.1, 0.15) is 0 Å². The van der Waals surface area contributed by atoms with Crippen molar-refractivity contribution < 1.29 is 24.1 Å². The van der Waals surface area contributed by atoms with E-state index in [1.54, 1.807) is 7.11 Å². The molecule has 9 nitrogen and oxygen atoms in total. The molecular formula is C28H36N4O5. The van der Waals surface area contributed by atoms with Gasteiger partial charge in [-0.15, -0.1) is 0 Å². The third-order valence-corrected chi connectivity index (χ3v) is 6.67. The fourth-order valence-corrected chi connectivity index (χ4v) is 4.86. The summed E-state index contributed by atoms with van der Waals surface area (Å²) in [6, 6.07) is 9.21. The molecule has 0 aliphatic carbocycles. The third-order valence-electron chi connectivity index (χ3n) is 6.67. The maximum absolute atomic E-state index is 12.3. The molecule has 3 aromatic rings. The molecule has 4 rings (SSSR count). The summed E-state index contributed by atoms with van der Waals surface area (Å²) < 4.78 is 17.6. The summed E-state index contributed by atoms with van der Waals surface area (Å²) in [6.45, 7) is 9.32. The summed E-state index contributed by atoms with van der Waals surface area (Å²) in [6.07, 6.45) is 2.80. The number of anilines is 2. The molecule has 0 unspecified atom stereocenters. The predicted octanol–water partition coefficient (Wildman–Crippen LogP) is 3.76. The number of aliphatic hydroxyl groups excluding tert-OH is 1. The Morgan fingerprint density at radius 1 is 1.24 bits per heavy atom. The van der Waals surface area contributed by atoms with E-state index in [-0.39, 0.29) is 24.4 Å². The van der Waals surface area contributed by atoms with E-state index in [0.29, 0.717) is 34.7 Å². The van der Waals surface area contributed by atoms with Crippen LogP contribution in [0.1, 0.15) is 41.8 Å². The molecular weight excluding hydrogens is 472 g/mol. The van der Waals surface area contributed by atoms with Gasteiger partial charge in [0, 0.05) is 43.0 Å². The Bertz CT molecular complexity index is 1260. The van der Waals surface area contributed by atoms with Gasteiger partial charge in [-0.25, -0.2) is 0 Å². The summed E-state index contributed by atoms with van der Waals surface area (Å²) >= 11 is 0. The number of aliphatic hydroxyl groups is 1. The molecule has 0 bridgehead atoms. The second kappa shape index (κ2) is 11.8. The highest BCUT2D eigenvalue weighted by Gasteiger charge is 2.22. The van der Waals surface area contributed by atoms with E-state index < -0.39 is 5.91 Å². The number of rotatable bonds is 10. The van der Waals surface area contributed by atoms with Gasteiger partial charge in [0.2, 0.25) is 0 Å². The maximum atomic E-state index is 12.3.